The van der Waals surface area contributed by atoms with Gasteiger partial charge in [0.1, 0.15) is 5.69 Å². The first-order valence-electron chi connectivity index (χ1n) is 9.21. The maximum Gasteiger partial charge on any atom is 0.121 e. The molecule has 0 saturated carbocycles. The molecule has 138 valence electrons. The molecule has 2 heterocycles. The summed E-state index contributed by atoms with van der Waals surface area (Å²) in [5.41, 5.74) is 5.49. The number of hydroxylamine groups is 1. The summed E-state index contributed by atoms with van der Waals surface area (Å²) >= 11 is 0. The minimum Gasteiger partial charge on any atom is -0.288 e. The van der Waals surface area contributed by atoms with Crippen LogP contribution in [0, 0.1) is 0 Å². The molecular formula is C21H28N4O. The number of anilines is 1. The topological polar surface area (TPSA) is 54.2 Å². The number of fused-ring (bicyclic) bond motifs is 5. The van der Waals surface area contributed by atoms with Crippen molar-refractivity contribution in [1.82, 2.24) is 15.0 Å². The van der Waals surface area contributed by atoms with E-state index in [-0.39, 0.29) is 0 Å². The van der Waals surface area contributed by atoms with Gasteiger partial charge in [-0.2, -0.15) is 0 Å². The van der Waals surface area contributed by atoms with Gasteiger partial charge in [-0.3, -0.25) is 10.3 Å². The van der Waals surface area contributed by atoms with E-state index < -0.39 is 0 Å². The van der Waals surface area contributed by atoms with Crippen molar-refractivity contribution < 1.29 is 5.21 Å². The molecule has 4 rings (SSSR count). The van der Waals surface area contributed by atoms with Crippen molar-refractivity contribution in [3.05, 3.63) is 54.1 Å². The van der Waals surface area contributed by atoms with E-state index in [1.165, 1.54) is 11.5 Å². The van der Waals surface area contributed by atoms with E-state index in [1.54, 1.807) is 4.68 Å². The van der Waals surface area contributed by atoms with Gasteiger partial charge in [0.15, 0.2) is 0 Å². The minimum atomic E-state index is 0.420. The van der Waals surface area contributed by atoms with Crippen molar-refractivity contribution in [2.24, 2.45) is 7.05 Å². The summed E-state index contributed by atoms with van der Waals surface area (Å²) in [4.78, 5) is 0. The van der Waals surface area contributed by atoms with Crippen LogP contribution in [0.15, 0.2) is 48.5 Å². The van der Waals surface area contributed by atoms with Crippen LogP contribution in [-0.4, -0.2) is 20.2 Å². The van der Waals surface area contributed by atoms with Gasteiger partial charge in [0, 0.05) is 18.2 Å². The number of rotatable bonds is 0. The van der Waals surface area contributed by atoms with E-state index in [1.807, 2.05) is 69.4 Å². The van der Waals surface area contributed by atoms with E-state index in [0.717, 1.165) is 33.8 Å². The highest BCUT2D eigenvalue weighted by atomic mass is 16.5. The highest BCUT2D eigenvalue weighted by Gasteiger charge is 2.24. The molecular weight excluding hydrogens is 324 g/mol. The van der Waals surface area contributed by atoms with E-state index in [0.29, 0.717) is 6.54 Å². The largest absolute Gasteiger partial charge is 0.288 e. The van der Waals surface area contributed by atoms with Crippen LogP contribution in [-0.2, 0) is 13.6 Å². The molecule has 0 unspecified atom stereocenters. The number of benzene rings is 2. The zero-order valence-corrected chi connectivity index (χ0v) is 16.3. The summed E-state index contributed by atoms with van der Waals surface area (Å²) in [6, 6.07) is 15.7. The molecule has 1 aromatic heterocycles. The second-order valence-electron chi connectivity index (χ2n) is 5.85. The SMILES string of the molecule is CC.CCC.Cn1nnc2c1-c1ccccc1N(O)Cc1ccccc1-2. The Bertz CT molecular complexity index is 842. The lowest BCUT2D eigenvalue weighted by molar-refractivity contribution is 0.250. The molecule has 1 N–H and O–H groups in total. The van der Waals surface area contributed by atoms with Crippen molar-refractivity contribution in [1.29, 1.82) is 0 Å². The summed E-state index contributed by atoms with van der Waals surface area (Å²) in [5, 5.41) is 20.2. The predicted molar refractivity (Wildman–Crippen MR) is 107 cm³/mol. The monoisotopic (exact) mass is 352 g/mol. The van der Waals surface area contributed by atoms with Crippen molar-refractivity contribution in [2.75, 3.05) is 5.06 Å². The lowest BCUT2D eigenvalue weighted by Gasteiger charge is -2.24. The Morgan fingerprint density at radius 3 is 2.23 bits per heavy atom. The number of aromatic nitrogens is 3. The van der Waals surface area contributed by atoms with Crippen molar-refractivity contribution >= 4 is 5.69 Å². The van der Waals surface area contributed by atoms with Gasteiger partial charge in [0.2, 0.25) is 0 Å². The van der Waals surface area contributed by atoms with Gasteiger partial charge in [-0.15, -0.1) is 5.10 Å². The molecule has 5 nitrogen and oxygen atoms in total. The molecule has 3 aromatic rings. The fraction of sp³-hybridized carbons (Fsp3) is 0.333. The van der Waals surface area contributed by atoms with Gasteiger partial charge >= 0.3 is 0 Å². The summed E-state index contributed by atoms with van der Waals surface area (Å²) in [7, 11) is 1.87. The van der Waals surface area contributed by atoms with Gasteiger partial charge in [0.05, 0.1) is 17.9 Å². The molecule has 2 aromatic carbocycles. The Balaban J connectivity index is 0.000000444. The molecule has 0 aliphatic carbocycles. The lowest BCUT2D eigenvalue weighted by atomic mass is 9.96. The van der Waals surface area contributed by atoms with E-state index in [4.69, 9.17) is 0 Å². The molecule has 0 bridgehead atoms. The zero-order chi connectivity index (χ0) is 19.1. The lowest BCUT2D eigenvalue weighted by Crippen LogP contribution is -2.20. The Morgan fingerprint density at radius 1 is 0.962 bits per heavy atom. The van der Waals surface area contributed by atoms with Gasteiger partial charge in [-0.25, -0.2) is 4.68 Å². The third-order valence-corrected chi connectivity index (χ3v) is 3.86. The van der Waals surface area contributed by atoms with Crippen LogP contribution in [0.25, 0.3) is 22.5 Å². The van der Waals surface area contributed by atoms with Crippen LogP contribution in [0.3, 0.4) is 0 Å². The summed E-state index contributed by atoms with van der Waals surface area (Å²) in [5.74, 6) is 0. The first-order valence-corrected chi connectivity index (χ1v) is 9.21. The zero-order valence-electron chi connectivity index (χ0n) is 16.3. The number of nitrogens with zero attached hydrogens (tertiary/aromatic N) is 4. The van der Waals surface area contributed by atoms with Crippen molar-refractivity contribution in [3.8, 4) is 22.5 Å². The molecule has 1 aliphatic heterocycles. The molecule has 0 spiro atoms. The Morgan fingerprint density at radius 2 is 1.54 bits per heavy atom. The summed E-state index contributed by atoms with van der Waals surface area (Å²) < 4.78 is 1.75. The molecule has 5 heteroatoms. The fourth-order valence-electron chi connectivity index (χ4n) is 2.88. The highest BCUT2D eigenvalue weighted by Crippen LogP contribution is 2.39. The first-order chi connectivity index (χ1) is 12.7. The second kappa shape index (κ2) is 9.15. The molecule has 0 saturated heterocycles. The fourth-order valence-corrected chi connectivity index (χ4v) is 2.88. The number of para-hydroxylation sites is 1. The minimum absolute atomic E-state index is 0.420. The van der Waals surface area contributed by atoms with Crippen molar-refractivity contribution in [2.45, 2.75) is 40.7 Å². The normalized spacial score (nSPS) is 11.4. The third kappa shape index (κ3) is 3.78. The van der Waals surface area contributed by atoms with E-state index in [9.17, 15) is 5.21 Å². The van der Waals surface area contributed by atoms with Crippen molar-refractivity contribution in [3.63, 3.8) is 0 Å². The van der Waals surface area contributed by atoms with Gasteiger partial charge < -0.3 is 0 Å². The van der Waals surface area contributed by atoms with Crippen LogP contribution in [0.1, 0.15) is 39.7 Å². The Kier molecular flexibility index (Phi) is 6.92. The maximum atomic E-state index is 10.5. The number of hydrogen-bond acceptors (Lipinski definition) is 4. The summed E-state index contributed by atoms with van der Waals surface area (Å²) in [6.07, 6.45) is 1.25. The van der Waals surface area contributed by atoms with Crippen LogP contribution in [0.4, 0.5) is 5.69 Å². The average molecular weight is 352 g/mol. The smallest absolute Gasteiger partial charge is 0.121 e. The van der Waals surface area contributed by atoms with E-state index >= 15 is 0 Å². The quantitative estimate of drug-likeness (QED) is 0.596. The third-order valence-electron chi connectivity index (χ3n) is 3.86. The van der Waals surface area contributed by atoms with E-state index in [2.05, 4.69) is 24.2 Å². The van der Waals surface area contributed by atoms with Gasteiger partial charge in [0.25, 0.3) is 0 Å². The molecule has 26 heavy (non-hydrogen) atoms. The standard InChI is InChI=1S/C16H14N4O.C3H8.C2H6/c1-19-16-13-8-4-5-9-14(13)20(21)10-11-6-2-3-7-12(11)15(16)17-18-19;1-3-2;1-2/h2-9,21H,10H2,1H3;3H2,1-2H3;1-2H3. The molecule has 0 fully saturated rings. The Labute approximate surface area is 155 Å². The molecule has 0 radical (unpaired) electrons. The van der Waals surface area contributed by atoms with Gasteiger partial charge in [-0.05, 0) is 11.6 Å². The predicted octanol–water partition coefficient (Wildman–Crippen LogP) is 5.30. The van der Waals surface area contributed by atoms with Crippen LogP contribution in [0.5, 0.6) is 0 Å². The molecule has 1 aliphatic rings. The highest BCUT2D eigenvalue weighted by molar-refractivity contribution is 5.87. The van der Waals surface area contributed by atoms with Crippen LogP contribution in [0.2, 0.25) is 0 Å². The average Bonchev–Trinajstić information content (AvgIpc) is 3.04. The summed E-state index contributed by atoms with van der Waals surface area (Å²) in [6.45, 7) is 8.67. The Hall–Kier alpha value is -2.66. The maximum absolute atomic E-state index is 10.5. The first kappa shape index (κ1) is 19.7. The number of aryl methyl sites for hydroxylation is 1. The van der Waals surface area contributed by atoms with Crippen LogP contribution < -0.4 is 5.06 Å². The molecule has 0 atom stereocenters. The second-order valence-corrected chi connectivity index (χ2v) is 5.85. The van der Waals surface area contributed by atoms with Crippen LogP contribution >= 0.6 is 0 Å². The molecule has 0 amide bonds. The van der Waals surface area contributed by atoms with Gasteiger partial charge in [-0.1, -0.05) is 81.8 Å². The number of hydrogen-bond donors (Lipinski definition) is 1.